The van der Waals surface area contributed by atoms with Gasteiger partial charge in [0.2, 0.25) is 0 Å². The molecule has 0 aliphatic carbocycles. The van der Waals surface area contributed by atoms with E-state index < -0.39 is 18.1 Å². The maximum atomic E-state index is 12.8. The Morgan fingerprint density at radius 1 is 0.441 bits per heavy atom. The molecule has 0 radical (unpaired) electrons. The lowest BCUT2D eigenvalue weighted by atomic mass is 10.0. The summed E-state index contributed by atoms with van der Waals surface area (Å²) in [4.78, 5) is 37.1. The van der Waals surface area contributed by atoms with Crippen molar-refractivity contribution in [1.82, 2.24) is 0 Å². The third-order valence-electron chi connectivity index (χ3n) is 11.7. The van der Waals surface area contributed by atoms with E-state index in [2.05, 4.69) is 111 Å². The normalized spacial score (nSPS) is 13.6. The Labute approximate surface area is 417 Å². The van der Waals surface area contributed by atoms with E-state index in [0.29, 0.717) is 12.8 Å². The van der Waals surface area contributed by atoms with Crippen LogP contribution in [0.5, 0.6) is 0 Å². The van der Waals surface area contributed by atoms with E-state index in [0.717, 1.165) is 103 Å². The summed E-state index contributed by atoms with van der Waals surface area (Å²) in [6.45, 7) is 4.43. The molecule has 2 atom stereocenters. The molecular formula is C60H101NO7. The quantitative estimate of drug-likeness (QED) is 0.0259. The Kier molecular flexibility index (Phi) is 46.9. The van der Waals surface area contributed by atoms with Crippen molar-refractivity contribution in [1.29, 1.82) is 0 Å². The van der Waals surface area contributed by atoms with E-state index in [-0.39, 0.29) is 42.7 Å². The number of ether oxygens (including phenoxy) is 3. The Bertz CT molecular complexity index is 1430. The molecule has 0 aromatic heterocycles. The number of allylic oxidation sites excluding steroid dienone is 16. The molecule has 0 N–H and O–H groups in total. The average Bonchev–Trinajstić information content (AvgIpc) is 3.30. The lowest BCUT2D eigenvalue weighted by molar-refractivity contribution is -0.889. The van der Waals surface area contributed by atoms with Gasteiger partial charge in [0, 0.05) is 19.3 Å². The number of rotatable bonds is 48. The van der Waals surface area contributed by atoms with Crippen molar-refractivity contribution in [3.05, 3.63) is 97.2 Å². The van der Waals surface area contributed by atoms with Gasteiger partial charge in [-0.2, -0.15) is 0 Å². The van der Waals surface area contributed by atoms with Gasteiger partial charge in [0.05, 0.1) is 40.3 Å². The summed E-state index contributed by atoms with van der Waals surface area (Å²) in [7, 11) is 5.41. The number of carbonyl (C=O) groups is 3. The number of esters is 2. The molecule has 0 heterocycles. The van der Waals surface area contributed by atoms with Gasteiger partial charge in [-0.15, -0.1) is 0 Å². The Balaban J connectivity index is 4.25. The van der Waals surface area contributed by atoms with Crippen LogP contribution >= 0.6 is 0 Å². The second-order valence-electron chi connectivity index (χ2n) is 19.1. The highest BCUT2D eigenvalue weighted by Crippen LogP contribution is 2.15. The molecule has 0 bridgehead atoms. The highest BCUT2D eigenvalue weighted by molar-refractivity contribution is 5.70. The molecule has 0 amide bonds. The molecular weight excluding hydrogens is 847 g/mol. The van der Waals surface area contributed by atoms with Crippen molar-refractivity contribution in [2.45, 2.75) is 225 Å². The summed E-state index contributed by atoms with van der Waals surface area (Å²) in [5, 5.41) is 11.7. The van der Waals surface area contributed by atoms with Gasteiger partial charge in [0.15, 0.2) is 6.10 Å². The molecule has 0 saturated heterocycles. The minimum absolute atomic E-state index is 0.0305. The van der Waals surface area contributed by atoms with Crippen molar-refractivity contribution >= 4 is 17.9 Å². The fourth-order valence-electron chi connectivity index (χ4n) is 7.58. The molecule has 0 saturated carbocycles. The smallest absolute Gasteiger partial charge is 0.306 e. The van der Waals surface area contributed by atoms with Crippen molar-refractivity contribution in [2.75, 3.05) is 41.0 Å². The highest BCUT2D eigenvalue weighted by atomic mass is 16.6. The van der Waals surface area contributed by atoms with Gasteiger partial charge in [0.25, 0.3) is 0 Å². The zero-order chi connectivity index (χ0) is 49.9. The summed E-state index contributed by atoms with van der Waals surface area (Å²) >= 11 is 0. The van der Waals surface area contributed by atoms with E-state index in [1.165, 1.54) is 77.0 Å². The summed E-state index contributed by atoms with van der Waals surface area (Å²) < 4.78 is 17.3. The summed E-state index contributed by atoms with van der Waals surface area (Å²) in [6, 6.07) is -0.734. The van der Waals surface area contributed by atoms with Crippen molar-refractivity contribution in [3.8, 4) is 0 Å². The van der Waals surface area contributed by atoms with Gasteiger partial charge >= 0.3 is 11.9 Å². The lowest BCUT2D eigenvalue weighted by Crippen LogP contribution is -2.55. The van der Waals surface area contributed by atoms with Crippen LogP contribution in [0.2, 0.25) is 0 Å². The number of carboxylic acid groups (broad SMARTS) is 1. The lowest BCUT2D eigenvalue weighted by Gasteiger charge is -2.34. The van der Waals surface area contributed by atoms with Crippen LogP contribution in [0.1, 0.15) is 213 Å². The van der Waals surface area contributed by atoms with Gasteiger partial charge in [-0.1, -0.05) is 201 Å². The first-order valence-corrected chi connectivity index (χ1v) is 27.3. The number of carbonyl (C=O) groups excluding carboxylic acids is 3. The number of likely N-dealkylation sites (N-methyl/N-ethyl adjacent to an activating group) is 1. The van der Waals surface area contributed by atoms with Gasteiger partial charge in [-0.25, -0.2) is 0 Å². The summed E-state index contributed by atoms with van der Waals surface area (Å²) in [5.41, 5.74) is 0. The first kappa shape index (κ1) is 64.2. The highest BCUT2D eigenvalue weighted by Gasteiger charge is 2.25. The molecule has 0 aromatic rings. The van der Waals surface area contributed by atoms with Crippen LogP contribution in [-0.4, -0.2) is 75.5 Å². The number of quaternary nitrogens is 1. The van der Waals surface area contributed by atoms with Gasteiger partial charge in [0.1, 0.15) is 12.6 Å². The number of hydrogen-bond acceptors (Lipinski definition) is 7. The first-order valence-electron chi connectivity index (χ1n) is 27.3. The maximum absolute atomic E-state index is 12.8. The van der Waals surface area contributed by atoms with Crippen LogP contribution in [0, 0.1) is 0 Å². The van der Waals surface area contributed by atoms with Crippen molar-refractivity contribution in [2.24, 2.45) is 0 Å². The first-order chi connectivity index (χ1) is 33.1. The van der Waals surface area contributed by atoms with Crippen LogP contribution in [-0.2, 0) is 28.6 Å². The fourth-order valence-corrected chi connectivity index (χ4v) is 7.58. The Hall–Kier alpha value is -3.75. The zero-order valence-electron chi connectivity index (χ0n) is 44.2. The SMILES string of the molecule is CC/C=C/C/C=C/C/C=C/C/C=C/C/C=C/CCCCCCCCCC(=O)OC(COCCC(C(=O)[O-])[N+](C)(C)C)COC(=O)CCCCCCCCCCCCC/C=C/C/C=C/C/C=C/CC. The minimum Gasteiger partial charge on any atom is -0.544 e. The molecule has 0 aliphatic rings. The molecule has 0 spiro atoms. The van der Waals surface area contributed by atoms with Gasteiger partial charge in [-0.05, 0) is 89.9 Å². The van der Waals surface area contributed by atoms with E-state index in [9.17, 15) is 19.5 Å². The van der Waals surface area contributed by atoms with Crippen LogP contribution < -0.4 is 5.11 Å². The third-order valence-corrected chi connectivity index (χ3v) is 11.7. The summed E-state index contributed by atoms with van der Waals surface area (Å²) in [6.07, 6.45) is 67.2. The van der Waals surface area contributed by atoms with Gasteiger partial charge in [-0.3, -0.25) is 9.59 Å². The Morgan fingerprint density at radius 2 is 0.779 bits per heavy atom. The third kappa shape index (κ3) is 47.3. The van der Waals surface area contributed by atoms with Crippen molar-refractivity contribution < 1.29 is 38.2 Å². The van der Waals surface area contributed by atoms with Crippen molar-refractivity contribution in [3.63, 3.8) is 0 Å². The summed E-state index contributed by atoms with van der Waals surface area (Å²) in [5.74, 6) is -1.76. The molecule has 0 fully saturated rings. The molecule has 8 nitrogen and oxygen atoms in total. The van der Waals surface area contributed by atoms with E-state index >= 15 is 0 Å². The van der Waals surface area contributed by atoms with Crippen LogP contribution in [0.4, 0.5) is 0 Å². The standard InChI is InChI=1S/C60H101NO7/c1-6-8-10-12-14-16-18-20-22-24-26-28-29-31-33-35-37-39-41-43-45-47-49-51-59(63)68-56(54-66-53-52-57(60(64)65)61(3,4)5)55-67-58(62)50-48-46-44-42-40-38-36-34-32-30-27-25-23-21-19-17-15-13-11-9-7-2/h8-11,14-17,20-23,26,28,31,33,56-57H,6-7,12-13,18-19,24-25,27,29-30,32,34-55H2,1-5H3/b10-8+,11-9+,16-14+,17-15+,22-20+,23-21+,28-26+,33-31+. The average molecular weight is 948 g/mol. The van der Waals surface area contributed by atoms with Crippen LogP contribution in [0.25, 0.3) is 0 Å². The Morgan fingerprint density at radius 3 is 1.15 bits per heavy atom. The number of aliphatic carboxylic acids is 1. The number of nitrogens with zero attached hydrogens (tertiary/aromatic N) is 1. The fraction of sp³-hybridized carbons (Fsp3) is 0.683. The molecule has 8 heteroatoms. The predicted octanol–water partition coefficient (Wildman–Crippen LogP) is 14.9. The second-order valence-corrected chi connectivity index (χ2v) is 19.1. The van der Waals surface area contributed by atoms with Gasteiger partial charge < -0.3 is 28.6 Å². The zero-order valence-corrected chi connectivity index (χ0v) is 44.2. The number of carboxylic acids is 1. The van der Waals surface area contributed by atoms with E-state index in [1.807, 2.05) is 0 Å². The predicted molar refractivity (Wildman–Crippen MR) is 286 cm³/mol. The second kappa shape index (κ2) is 49.7. The topological polar surface area (TPSA) is 102 Å². The number of hydrogen-bond donors (Lipinski definition) is 0. The molecule has 68 heavy (non-hydrogen) atoms. The van der Waals surface area contributed by atoms with E-state index in [1.54, 1.807) is 21.1 Å². The largest absolute Gasteiger partial charge is 0.544 e. The minimum atomic E-state index is -1.13. The molecule has 0 aliphatic heterocycles. The monoisotopic (exact) mass is 948 g/mol. The maximum Gasteiger partial charge on any atom is 0.306 e. The van der Waals surface area contributed by atoms with Crippen LogP contribution in [0.3, 0.4) is 0 Å². The van der Waals surface area contributed by atoms with Crippen LogP contribution in [0.15, 0.2) is 97.2 Å². The molecule has 0 aromatic carbocycles. The molecule has 2 unspecified atom stereocenters. The molecule has 388 valence electrons. The number of unbranched alkanes of at least 4 members (excludes halogenated alkanes) is 18. The van der Waals surface area contributed by atoms with E-state index in [4.69, 9.17) is 14.2 Å². The molecule has 0 rings (SSSR count).